The number of amides is 1. The fourth-order valence-electron chi connectivity index (χ4n) is 3.41. The number of piperazine rings is 1. The molecule has 0 aromatic heterocycles. The largest absolute Gasteiger partial charge is 0.495 e. The fourth-order valence-corrected chi connectivity index (χ4v) is 3.41. The maximum absolute atomic E-state index is 12.5. The first kappa shape index (κ1) is 19.1. The number of aryl methyl sites for hydroxylation is 2. The van der Waals surface area contributed by atoms with Crippen molar-refractivity contribution in [2.24, 2.45) is 0 Å². The highest BCUT2D eigenvalue weighted by atomic mass is 16.5. The number of anilines is 2. The first-order valence-corrected chi connectivity index (χ1v) is 9.55. The summed E-state index contributed by atoms with van der Waals surface area (Å²) in [5.74, 6) is 1.10. The highest BCUT2D eigenvalue weighted by molar-refractivity contribution is 5.77. The molecule has 5 heteroatoms. The molecule has 27 heavy (non-hydrogen) atoms. The van der Waals surface area contributed by atoms with Crippen LogP contribution >= 0.6 is 0 Å². The molecule has 0 saturated carbocycles. The van der Waals surface area contributed by atoms with Crippen molar-refractivity contribution in [1.82, 2.24) is 4.90 Å². The van der Waals surface area contributed by atoms with E-state index in [0.29, 0.717) is 13.0 Å². The molecule has 2 aromatic rings. The second-order valence-electron chi connectivity index (χ2n) is 7.02. The number of ether oxygens (including phenoxy) is 1. The van der Waals surface area contributed by atoms with Gasteiger partial charge in [0, 0.05) is 44.8 Å². The third-order valence-electron chi connectivity index (χ3n) is 5.23. The van der Waals surface area contributed by atoms with E-state index in [0.717, 1.165) is 43.3 Å². The minimum atomic E-state index is 0.214. The van der Waals surface area contributed by atoms with Crippen LogP contribution in [0, 0.1) is 13.8 Å². The Kier molecular flexibility index (Phi) is 6.22. The van der Waals surface area contributed by atoms with Crippen LogP contribution < -0.4 is 15.0 Å². The molecule has 0 atom stereocenters. The Morgan fingerprint density at radius 3 is 2.48 bits per heavy atom. The molecule has 1 fully saturated rings. The lowest BCUT2D eigenvalue weighted by Crippen LogP contribution is -2.49. The van der Waals surface area contributed by atoms with Crippen LogP contribution in [0.15, 0.2) is 42.5 Å². The number of rotatable bonds is 6. The summed E-state index contributed by atoms with van der Waals surface area (Å²) < 4.78 is 5.45. The van der Waals surface area contributed by atoms with Gasteiger partial charge < -0.3 is 19.9 Å². The van der Waals surface area contributed by atoms with Gasteiger partial charge in [0.05, 0.1) is 12.8 Å². The zero-order valence-electron chi connectivity index (χ0n) is 16.5. The van der Waals surface area contributed by atoms with E-state index in [9.17, 15) is 4.79 Å². The molecule has 0 spiro atoms. The molecule has 1 aliphatic rings. The van der Waals surface area contributed by atoms with Crippen LogP contribution in [0.5, 0.6) is 5.75 Å². The number of nitrogens with zero attached hydrogens (tertiary/aromatic N) is 2. The maximum Gasteiger partial charge on any atom is 0.224 e. The number of para-hydroxylation sites is 2. The Balaban J connectivity index is 1.46. The molecule has 0 aliphatic carbocycles. The van der Waals surface area contributed by atoms with Gasteiger partial charge in [0.1, 0.15) is 5.75 Å². The molecule has 3 rings (SSSR count). The van der Waals surface area contributed by atoms with Gasteiger partial charge in [-0.2, -0.15) is 0 Å². The summed E-state index contributed by atoms with van der Waals surface area (Å²) in [7, 11) is 1.70. The Bertz CT molecular complexity index is 783. The highest BCUT2D eigenvalue weighted by Crippen LogP contribution is 2.28. The summed E-state index contributed by atoms with van der Waals surface area (Å²) in [5, 5.41) is 3.36. The molecule has 144 valence electrons. The van der Waals surface area contributed by atoms with Crippen molar-refractivity contribution in [2.75, 3.05) is 50.1 Å². The Hall–Kier alpha value is -2.69. The van der Waals surface area contributed by atoms with E-state index < -0.39 is 0 Å². The van der Waals surface area contributed by atoms with Crippen molar-refractivity contribution >= 4 is 17.3 Å². The number of methoxy groups -OCH3 is 1. The van der Waals surface area contributed by atoms with Gasteiger partial charge in [0.25, 0.3) is 0 Å². The summed E-state index contributed by atoms with van der Waals surface area (Å²) >= 11 is 0. The van der Waals surface area contributed by atoms with E-state index in [2.05, 4.69) is 48.3 Å². The monoisotopic (exact) mass is 367 g/mol. The molecular formula is C22H29N3O2. The number of benzene rings is 2. The Labute approximate surface area is 161 Å². The molecule has 1 aliphatic heterocycles. The molecule has 1 N–H and O–H groups in total. The van der Waals surface area contributed by atoms with E-state index in [-0.39, 0.29) is 5.91 Å². The minimum absolute atomic E-state index is 0.214. The first-order valence-electron chi connectivity index (χ1n) is 9.55. The van der Waals surface area contributed by atoms with E-state index in [4.69, 9.17) is 4.74 Å². The summed E-state index contributed by atoms with van der Waals surface area (Å²) in [6.45, 7) is 8.03. The van der Waals surface area contributed by atoms with Crippen molar-refractivity contribution < 1.29 is 9.53 Å². The molecule has 2 aromatic carbocycles. The van der Waals surface area contributed by atoms with Gasteiger partial charge in [-0.15, -0.1) is 0 Å². The predicted octanol–water partition coefficient (Wildman–Crippen LogP) is 3.46. The second kappa shape index (κ2) is 8.80. The summed E-state index contributed by atoms with van der Waals surface area (Å²) in [5.41, 5.74) is 4.72. The molecule has 1 saturated heterocycles. The van der Waals surface area contributed by atoms with Crippen molar-refractivity contribution in [1.29, 1.82) is 0 Å². The van der Waals surface area contributed by atoms with Gasteiger partial charge in [-0.25, -0.2) is 0 Å². The third kappa shape index (κ3) is 4.73. The van der Waals surface area contributed by atoms with Crippen LogP contribution in [0.2, 0.25) is 0 Å². The van der Waals surface area contributed by atoms with E-state index >= 15 is 0 Å². The number of carbonyl (C=O) groups excluding carboxylic acids is 1. The van der Waals surface area contributed by atoms with E-state index in [1.165, 1.54) is 11.1 Å². The van der Waals surface area contributed by atoms with Crippen LogP contribution in [0.4, 0.5) is 11.4 Å². The topological polar surface area (TPSA) is 44.8 Å². The number of nitrogens with one attached hydrogen (secondary N) is 1. The molecule has 5 nitrogen and oxygen atoms in total. The lowest BCUT2D eigenvalue weighted by molar-refractivity contribution is -0.131. The third-order valence-corrected chi connectivity index (χ3v) is 5.23. The molecule has 0 bridgehead atoms. The standard InChI is InChI=1S/C22H29N3O2/c1-17-8-9-19(16-18(17)2)23-11-10-22(26)25-14-12-24(13-15-25)20-6-4-5-7-21(20)27-3/h4-9,16,23H,10-15H2,1-3H3. The van der Waals surface area contributed by atoms with Crippen molar-refractivity contribution in [3.8, 4) is 5.75 Å². The zero-order valence-corrected chi connectivity index (χ0v) is 16.5. The van der Waals surface area contributed by atoms with Crippen LogP contribution in [0.25, 0.3) is 0 Å². The number of hydrogen-bond donors (Lipinski definition) is 1. The average molecular weight is 367 g/mol. The quantitative estimate of drug-likeness (QED) is 0.849. The summed E-state index contributed by atoms with van der Waals surface area (Å²) in [4.78, 5) is 16.8. The minimum Gasteiger partial charge on any atom is -0.495 e. The zero-order chi connectivity index (χ0) is 19.2. The fraction of sp³-hybridized carbons (Fsp3) is 0.409. The second-order valence-corrected chi connectivity index (χ2v) is 7.02. The van der Waals surface area contributed by atoms with E-state index in [1.54, 1.807) is 7.11 Å². The van der Waals surface area contributed by atoms with Crippen molar-refractivity contribution in [2.45, 2.75) is 20.3 Å². The van der Waals surface area contributed by atoms with E-state index in [1.807, 2.05) is 23.1 Å². The summed E-state index contributed by atoms with van der Waals surface area (Å²) in [6, 6.07) is 14.4. The van der Waals surface area contributed by atoms with Gasteiger partial charge in [0.2, 0.25) is 5.91 Å². The van der Waals surface area contributed by atoms with Gasteiger partial charge in [-0.05, 0) is 49.2 Å². The van der Waals surface area contributed by atoms with Gasteiger partial charge in [-0.3, -0.25) is 4.79 Å². The lowest BCUT2D eigenvalue weighted by atomic mass is 10.1. The maximum atomic E-state index is 12.5. The Morgan fingerprint density at radius 2 is 1.78 bits per heavy atom. The van der Waals surface area contributed by atoms with Gasteiger partial charge >= 0.3 is 0 Å². The lowest BCUT2D eigenvalue weighted by Gasteiger charge is -2.36. The van der Waals surface area contributed by atoms with Gasteiger partial charge in [0.15, 0.2) is 0 Å². The highest BCUT2D eigenvalue weighted by Gasteiger charge is 2.22. The smallest absolute Gasteiger partial charge is 0.224 e. The molecular weight excluding hydrogens is 338 g/mol. The SMILES string of the molecule is COc1ccccc1N1CCN(C(=O)CCNc2ccc(C)c(C)c2)CC1. The number of hydrogen-bond acceptors (Lipinski definition) is 4. The summed E-state index contributed by atoms with van der Waals surface area (Å²) in [6.07, 6.45) is 0.515. The normalized spacial score (nSPS) is 14.2. The first-order chi connectivity index (χ1) is 13.1. The Morgan fingerprint density at radius 1 is 1.04 bits per heavy atom. The molecule has 0 radical (unpaired) electrons. The average Bonchev–Trinajstić information content (AvgIpc) is 2.70. The van der Waals surface area contributed by atoms with Crippen LogP contribution in [0.1, 0.15) is 17.5 Å². The van der Waals surface area contributed by atoms with Crippen molar-refractivity contribution in [3.63, 3.8) is 0 Å². The predicted molar refractivity (Wildman–Crippen MR) is 111 cm³/mol. The number of carbonyl (C=O) groups is 1. The molecule has 0 unspecified atom stereocenters. The van der Waals surface area contributed by atoms with Crippen LogP contribution in [-0.4, -0.2) is 50.6 Å². The molecule has 1 amide bonds. The molecule has 1 heterocycles. The van der Waals surface area contributed by atoms with Crippen LogP contribution in [0.3, 0.4) is 0 Å². The van der Waals surface area contributed by atoms with Gasteiger partial charge in [-0.1, -0.05) is 18.2 Å². The van der Waals surface area contributed by atoms with Crippen molar-refractivity contribution in [3.05, 3.63) is 53.6 Å². The van der Waals surface area contributed by atoms with Crippen LogP contribution in [-0.2, 0) is 4.79 Å².